The van der Waals surface area contributed by atoms with Gasteiger partial charge in [0.25, 0.3) is 0 Å². The van der Waals surface area contributed by atoms with Crippen LogP contribution in [0.3, 0.4) is 0 Å². The number of H-pyrrole nitrogens is 1. The van der Waals surface area contributed by atoms with Crippen molar-refractivity contribution < 1.29 is 17.5 Å². The Morgan fingerprint density at radius 3 is 2.68 bits per heavy atom. The molecule has 0 aliphatic carbocycles. The molecule has 0 saturated carbocycles. The molecular weight excluding hydrogens is 385 g/mol. The van der Waals surface area contributed by atoms with E-state index in [1.54, 1.807) is 25.2 Å². The van der Waals surface area contributed by atoms with Crippen LogP contribution in [0.5, 0.6) is 11.8 Å². The first-order valence-corrected chi connectivity index (χ1v) is 10.6. The molecule has 3 aromatic rings. The summed E-state index contributed by atoms with van der Waals surface area (Å²) in [5.41, 5.74) is 1.53. The summed E-state index contributed by atoms with van der Waals surface area (Å²) in [6, 6.07) is 6.66. The zero-order valence-corrected chi connectivity index (χ0v) is 16.3. The number of sulfone groups is 1. The van der Waals surface area contributed by atoms with Gasteiger partial charge in [0.05, 0.1) is 11.5 Å². The minimum absolute atomic E-state index is 0.0132. The maximum Gasteiger partial charge on any atom is 0.326 e. The van der Waals surface area contributed by atoms with Gasteiger partial charge in [-0.3, -0.25) is 0 Å². The Morgan fingerprint density at radius 2 is 1.96 bits per heavy atom. The van der Waals surface area contributed by atoms with Crippen LogP contribution in [0.25, 0.3) is 10.9 Å². The third kappa shape index (κ3) is 3.59. The van der Waals surface area contributed by atoms with E-state index in [4.69, 9.17) is 4.74 Å². The summed E-state index contributed by atoms with van der Waals surface area (Å²) in [5, 5.41) is 3.35. The summed E-state index contributed by atoms with van der Waals surface area (Å²) in [6.07, 6.45) is 0. The number of aromatic amines is 1. The van der Waals surface area contributed by atoms with E-state index in [-0.39, 0.29) is 23.3 Å². The minimum atomic E-state index is -3.01. The average Bonchev–Trinajstić information content (AvgIpc) is 3.05. The second kappa shape index (κ2) is 6.93. The number of rotatable bonds is 4. The highest BCUT2D eigenvalue weighted by Crippen LogP contribution is 2.30. The molecule has 0 bridgehead atoms. The highest BCUT2D eigenvalue weighted by Gasteiger charge is 2.24. The van der Waals surface area contributed by atoms with Crippen LogP contribution in [-0.4, -0.2) is 55.0 Å². The number of hydrogen-bond donors (Lipinski definition) is 2. The molecule has 0 spiro atoms. The predicted molar refractivity (Wildman–Crippen MR) is 106 cm³/mol. The first kappa shape index (κ1) is 18.5. The maximum atomic E-state index is 14.8. The zero-order chi connectivity index (χ0) is 19.9. The van der Waals surface area contributed by atoms with Crippen molar-refractivity contribution in [2.24, 2.45) is 0 Å². The molecule has 1 aliphatic heterocycles. The summed E-state index contributed by atoms with van der Waals surface area (Å²) in [7, 11) is -1.31. The third-order valence-corrected chi connectivity index (χ3v) is 6.26. The number of ether oxygens (including phenoxy) is 1. The van der Waals surface area contributed by atoms with Crippen molar-refractivity contribution in [1.29, 1.82) is 0 Å². The Labute approximate surface area is 161 Å². The van der Waals surface area contributed by atoms with Gasteiger partial charge in [0.15, 0.2) is 21.4 Å². The van der Waals surface area contributed by atoms with Crippen LogP contribution in [0.15, 0.2) is 24.3 Å². The minimum Gasteiger partial charge on any atom is -0.421 e. The molecule has 1 saturated heterocycles. The lowest BCUT2D eigenvalue weighted by Crippen LogP contribution is -2.40. The second-order valence-corrected chi connectivity index (χ2v) is 8.98. The Morgan fingerprint density at radius 1 is 1.21 bits per heavy atom. The van der Waals surface area contributed by atoms with Gasteiger partial charge in [-0.2, -0.15) is 9.97 Å². The quantitative estimate of drug-likeness (QED) is 0.688. The second-order valence-electron chi connectivity index (χ2n) is 6.68. The fourth-order valence-electron chi connectivity index (χ4n) is 3.16. The molecule has 4 rings (SSSR count). The zero-order valence-electron chi connectivity index (χ0n) is 15.5. The molecule has 0 radical (unpaired) electrons. The molecule has 1 fully saturated rings. The fraction of sp³-hybridized carbons (Fsp3) is 0.333. The van der Waals surface area contributed by atoms with E-state index in [9.17, 15) is 12.8 Å². The van der Waals surface area contributed by atoms with Crippen LogP contribution in [0.2, 0.25) is 0 Å². The number of nitrogens with zero attached hydrogens (tertiary/aromatic N) is 3. The van der Waals surface area contributed by atoms with Crippen LogP contribution in [-0.2, 0) is 9.84 Å². The Balaban J connectivity index is 1.65. The van der Waals surface area contributed by atoms with E-state index in [1.165, 1.54) is 6.07 Å². The van der Waals surface area contributed by atoms with Gasteiger partial charge in [-0.25, -0.2) is 12.8 Å². The smallest absolute Gasteiger partial charge is 0.326 e. The van der Waals surface area contributed by atoms with Crippen LogP contribution < -0.4 is 15.0 Å². The largest absolute Gasteiger partial charge is 0.421 e. The summed E-state index contributed by atoms with van der Waals surface area (Å²) >= 11 is 0. The molecule has 1 aromatic carbocycles. The molecular formula is C18H20FN5O3S. The van der Waals surface area contributed by atoms with E-state index in [0.717, 1.165) is 5.69 Å². The Bertz CT molecular complexity index is 1130. The average molecular weight is 405 g/mol. The third-order valence-electron chi connectivity index (χ3n) is 4.65. The highest BCUT2D eigenvalue weighted by molar-refractivity contribution is 7.91. The monoisotopic (exact) mass is 405 g/mol. The summed E-state index contributed by atoms with van der Waals surface area (Å²) in [4.78, 5) is 13.5. The van der Waals surface area contributed by atoms with E-state index in [1.807, 2.05) is 11.8 Å². The molecule has 0 amide bonds. The highest BCUT2D eigenvalue weighted by atomic mass is 32.2. The van der Waals surface area contributed by atoms with Gasteiger partial charge in [-0.15, -0.1) is 0 Å². The Hall–Kier alpha value is -2.88. The molecule has 1 aliphatic rings. The lowest BCUT2D eigenvalue weighted by atomic mass is 10.2. The summed E-state index contributed by atoms with van der Waals surface area (Å²) < 4.78 is 43.8. The molecule has 0 unspecified atom stereocenters. The number of fused-ring (bicyclic) bond motifs is 1. The number of benzene rings is 1. The van der Waals surface area contributed by atoms with Crippen molar-refractivity contribution in [2.75, 3.05) is 41.9 Å². The lowest BCUT2D eigenvalue weighted by molar-refractivity contribution is 0.414. The van der Waals surface area contributed by atoms with Gasteiger partial charge in [-0.1, -0.05) is 0 Å². The van der Waals surface area contributed by atoms with E-state index < -0.39 is 15.7 Å². The summed E-state index contributed by atoms with van der Waals surface area (Å²) in [6.45, 7) is 2.53. The van der Waals surface area contributed by atoms with Crippen LogP contribution in [0, 0.1) is 12.7 Å². The molecule has 148 valence electrons. The van der Waals surface area contributed by atoms with E-state index in [0.29, 0.717) is 35.6 Å². The topological polar surface area (TPSA) is 100 Å². The predicted octanol–water partition coefficient (Wildman–Crippen LogP) is 2.47. The van der Waals surface area contributed by atoms with Crippen LogP contribution in [0.1, 0.15) is 5.69 Å². The molecule has 2 aromatic heterocycles. The standard InChI is InChI=1S/C18H20FN5O3S/c1-11-9-12-13(21-11)3-4-14(17(12)19)27-18-22-15(20-2)10-16(23-18)24-5-7-28(25,26)8-6-24/h3-4,9-10,21H,5-8H2,1-2H3,(H,20,22,23). The number of halogens is 1. The number of nitrogens with one attached hydrogen (secondary N) is 2. The number of hydrogen-bond acceptors (Lipinski definition) is 7. The molecule has 3 heterocycles. The van der Waals surface area contributed by atoms with Gasteiger partial charge in [0.2, 0.25) is 0 Å². The molecule has 8 nitrogen and oxygen atoms in total. The number of anilines is 2. The number of aryl methyl sites for hydroxylation is 1. The molecule has 2 N–H and O–H groups in total. The van der Waals surface area contributed by atoms with E-state index >= 15 is 0 Å². The molecule has 10 heteroatoms. The Kier molecular flexibility index (Phi) is 4.58. The van der Waals surface area contributed by atoms with Gasteiger partial charge in [0.1, 0.15) is 11.6 Å². The SMILES string of the molecule is CNc1cc(N2CCS(=O)(=O)CC2)nc(Oc2ccc3[nH]c(C)cc3c2F)n1. The normalized spacial score (nSPS) is 16.3. The van der Waals surface area contributed by atoms with Crippen molar-refractivity contribution in [3.8, 4) is 11.8 Å². The maximum absolute atomic E-state index is 14.8. The van der Waals surface area contributed by atoms with E-state index in [2.05, 4.69) is 20.3 Å². The van der Waals surface area contributed by atoms with Crippen LogP contribution in [0.4, 0.5) is 16.0 Å². The summed E-state index contributed by atoms with van der Waals surface area (Å²) in [5.74, 6) is 0.689. The van der Waals surface area contributed by atoms with Crippen molar-refractivity contribution in [1.82, 2.24) is 15.0 Å². The van der Waals surface area contributed by atoms with Crippen LogP contribution >= 0.6 is 0 Å². The number of aromatic nitrogens is 3. The van der Waals surface area contributed by atoms with Crippen molar-refractivity contribution in [3.05, 3.63) is 35.8 Å². The fourth-order valence-corrected chi connectivity index (χ4v) is 4.36. The van der Waals surface area contributed by atoms with Crippen molar-refractivity contribution in [2.45, 2.75) is 6.92 Å². The first-order chi connectivity index (χ1) is 13.3. The first-order valence-electron chi connectivity index (χ1n) is 8.82. The van der Waals surface area contributed by atoms with Gasteiger partial charge in [-0.05, 0) is 25.1 Å². The van der Waals surface area contributed by atoms with Crippen molar-refractivity contribution in [3.63, 3.8) is 0 Å². The molecule has 28 heavy (non-hydrogen) atoms. The van der Waals surface area contributed by atoms with Gasteiger partial charge < -0.3 is 19.9 Å². The lowest BCUT2D eigenvalue weighted by Gasteiger charge is -2.28. The van der Waals surface area contributed by atoms with Gasteiger partial charge in [0, 0.05) is 42.8 Å². The van der Waals surface area contributed by atoms with Crippen molar-refractivity contribution >= 4 is 32.4 Å². The molecule has 0 atom stereocenters. The van der Waals surface area contributed by atoms with Gasteiger partial charge >= 0.3 is 6.01 Å².